The summed E-state index contributed by atoms with van der Waals surface area (Å²) in [6.07, 6.45) is -1.36. The molecule has 2 aromatic rings. The van der Waals surface area contributed by atoms with Crippen LogP contribution in [0.3, 0.4) is 0 Å². The molecule has 0 aromatic heterocycles. The van der Waals surface area contributed by atoms with Gasteiger partial charge in [0.25, 0.3) is 0 Å². The first-order valence-corrected chi connectivity index (χ1v) is 13.2. The summed E-state index contributed by atoms with van der Waals surface area (Å²) in [7, 11) is 1.25. The topological polar surface area (TPSA) is 105 Å². The van der Waals surface area contributed by atoms with Gasteiger partial charge in [-0.15, -0.1) is 4.99 Å². The van der Waals surface area contributed by atoms with Crippen LogP contribution in [0.2, 0.25) is 10.0 Å². The van der Waals surface area contributed by atoms with Crippen LogP contribution in [0.5, 0.6) is 5.75 Å². The number of hydrazone groups is 1. The minimum atomic E-state index is -4.63. The predicted molar refractivity (Wildman–Crippen MR) is 147 cm³/mol. The molecule has 2 aliphatic heterocycles. The fourth-order valence-electron chi connectivity index (χ4n) is 4.71. The number of rotatable bonds is 6. The van der Waals surface area contributed by atoms with E-state index in [2.05, 4.69) is 25.6 Å². The molecule has 0 spiro atoms. The first-order valence-electron chi connectivity index (χ1n) is 12.4. The number of nitriles is 1. The number of likely N-dealkylation sites (N-methyl/N-ethyl adjacent to an activating group) is 1. The number of alkyl halides is 3. The van der Waals surface area contributed by atoms with E-state index in [4.69, 9.17) is 27.9 Å². The number of nitrogens with one attached hydrogen (secondary N) is 2. The number of methoxy groups -OCH3 is 1. The summed E-state index contributed by atoms with van der Waals surface area (Å²) in [6, 6.07) is 7.01. The van der Waals surface area contributed by atoms with Gasteiger partial charge in [-0.2, -0.15) is 23.5 Å². The number of hydrogen-bond acceptors (Lipinski definition) is 6. The van der Waals surface area contributed by atoms with Crippen LogP contribution >= 0.6 is 23.2 Å². The fourth-order valence-corrected chi connectivity index (χ4v) is 5.01. The van der Waals surface area contributed by atoms with Gasteiger partial charge in [-0.3, -0.25) is 9.69 Å². The van der Waals surface area contributed by atoms with Crippen LogP contribution in [0, 0.1) is 11.5 Å². The first-order chi connectivity index (χ1) is 19.0. The van der Waals surface area contributed by atoms with E-state index in [1.165, 1.54) is 18.2 Å². The van der Waals surface area contributed by atoms with Crippen LogP contribution in [0.1, 0.15) is 30.9 Å². The SMILES string of the molecule is CCN1CCC[C@@H]1C(=O)NC1CN(C(=NC#N)Nc2cc(OC)cc(C(F)(F)F)c2)N=C1c1ccc(Cl)c(Cl)c1. The summed E-state index contributed by atoms with van der Waals surface area (Å²) in [6.45, 7) is 3.59. The number of anilines is 1. The van der Waals surface area contributed by atoms with Crippen molar-refractivity contribution >= 4 is 46.5 Å². The van der Waals surface area contributed by atoms with Crippen molar-refractivity contribution in [3.05, 3.63) is 57.6 Å². The number of halogens is 5. The molecule has 2 heterocycles. The van der Waals surface area contributed by atoms with Gasteiger partial charge >= 0.3 is 6.18 Å². The van der Waals surface area contributed by atoms with Crippen molar-refractivity contribution in [2.24, 2.45) is 10.1 Å². The molecule has 14 heteroatoms. The lowest BCUT2D eigenvalue weighted by atomic mass is 10.0. The highest BCUT2D eigenvalue weighted by Gasteiger charge is 2.37. The standard InChI is InChI=1S/C26H26Cl2F3N7O2/c1-3-37-8-4-5-22(37)24(39)35-21-13-38(36-23(21)15-6-7-19(27)20(28)9-15)25(33-14-32)34-17-10-16(26(29,30)31)11-18(12-17)40-2/h6-7,9-12,21-22H,3-5,8,13H2,1-2H3,(H,33,34)(H,35,39)/t21?,22-/m1/s1. The Balaban J connectivity index is 1.67. The van der Waals surface area contributed by atoms with Crippen molar-refractivity contribution < 1.29 is 22.7 Å². The van der Waals surface area contributed by atoms with Gasteiger partial charge in [0.05, 0.1) is 47.1 Å². The molecule has 40 heavy (non-hydrogen) atoms. The maximum atomic E-state index is 13.5. The normalized spacial score (nSPS) is 19.8. The maximum Gasteiger partial charge on any atom is 0.416 e. The number of nitrogens with zero attached hydrogens (tertiary/aromatic N) is 5. The van der Waals surface area contributed by atoms with Gasteiger partial charge in [0.15, 0.2) is 0 Å². The van der Waals surface area contributed by atoms with E-state index < -0.39 is 17.8 Å². The van der Waals surface area contributed by atoms with Crippen LogP contribution < -0.4 is 15.4 Å². The molecule has 0 radical (unpaired) electrons. The number of carbonyl (C=O) groups excluding carboxylic acids is 1. The number of ether oxygens (including phenoxy) is 1. The van der Waals surface area contributed by atoms with Gasteiger partial charge in [0.1, 0.15) is 5.75 Å². The van der Waals surface area contributed by atoms with Crippen LogP contribution in [0.15, 0.2) is 46.5 Å². The van der Waals surface area contributed by atoms with Crippen molar-refractivity contribution in [1.29, 1.82) is 5.26 Å². The number of carbonyl (C=O) groups is 1. The van der Waals surface area contributed by atoms with Crippen LogP contribution in [-0.2, 0) is 11.0 Å². The molecule has 1 fully saturated rings. The van der Waals surface area contributed by atoms with Gasteiger partial charge in [0, 0.05) is 17.3 Å². The summed E-state index contributed by atoms with van der Waals surface area (Å²) in [5.41, 5.74) is 0.0123. The van der Waals surface area contributed by atoms with E-state index in [1.54, 1.807) is 24.4 Å². The molecule has 2 N–H and O–H groups in total. The second-order valence-corrected chi connectivity index (χ2v) is 9.97. The van der Waals surface area contributed by atoms with E-state index in [0.717, 1.165) is 38.1 Å². The predicted octanol–water partition coefficient (Wildman–Crippen LogP) is 4.96. The smallest absolute Gasteiger partial charge is 0.416 e. The number of amides is 1. The average molecular weight is 596 g/mol. The second-order valence-electron chi connectivity index (χ2n) is 9.15. The first kappa shape index (κ1) is 29.5. The molecule has 1 saturated heterocycles. The van der Waals surface area contributed by atoms with Crippen molar-refractivity contribution in [3.63, 3.8) is 0 Å². The van der Waals surface area contributed by atoms with Gasteiger partial charge in [-0.1, -0.05) is 36.2 Å². The zero-order chi connectivity index (χ0) is 29.0. The molecule has 0 saturated carbocycles. The Hall–Kier alpha value is -3.53. The highest BCUT2D eigenvalue weighted by molar-refractivity contribution is 6.42. The summed E-state index contributed by atoms with van der Waals surface area (Å²) in [5.74, 6) is -0.361. The van der Waals surface area contributed by atoms with Crippen molar-refractivity contribution in [2.75, 3.05) is 32.1 Å². The third-order valence-electron chi connectivity index (χ3n) is 6.64. The molecule has 9 nitrogen and oxygen atoms in total. The van der Waals surface area contributed by atoms with E-state index in [0.29, 0.717) is 16.3 Å². The third kappa shape index (κ3) is 6.60. The number of likely N-dealkylation sites (tertiary alicyclic amines) is 1. The van der Waals surface area contributed by atoms with Crippen LogP contribution in [0.4, 0.5) is 18.9 Å². The number of hydrogen-bond donors (Lipinski definition) is 2. The zero-order valence-electron chi connectivity index (χ0n) is 21.6. The Morgan fingerprint density at radius 2 is 2.02 bits per heavy atom. The Morgan fingerprint density at radius 1 is 1.25 bits per heavy atom. The van der Waals surface area contributed by atoms with Crippen molar-refractivity contribution in [2.45, 2.75) is 38.0 Å². The molecular weight excluding hydrogens is 570 g/mol. The minimum absolute atomic E-state index is 0.0241. The third-order valence-corrected chi connectivity index (χ3v) is 7.38. The molecule has 2 atom stereocenters. The highest BCUT2D eigenvalue weighted by Crippen LogP contribution is 2.34. The minimum Gasteiger partial charge on any atom is -0.497 e. The molecular formula is C26H26Cl2F3N7O2. The van der Waals surface area contributed by atoms with E-state index in [1.807, 2.05) is 6.92 Å². The van der Waals surface area contributed by atoms with Crippen molar-refractivity contribution in [1.82, 2.24) is 15.2 Å². The van der Waals surface area contributed by atoms with Gasteiger partial charge in [0.2, 0.25) is 18.1 Å². The average Bonchev–Trinajstić information content (AvgIpc) is 3.56. The largest absolute Gasteiger partial charge is 0.497 e. The number of benzene rings is 2. The Labute approximate surface area is 239 Å². The Morgan fingerprint density at radius 3 is 2.67 bits per heavy atom. The molecule has 212 valence electrons. The molecule has 0 aliphatic carbocycles. The molecule has 1 unspecified atom stereocenters. The molecule has 2 aromatic carbocycles. The van der Waals surface area contributed by atoms with E-state index in [-0.39, 0.29) is 40.9 Å². The summed E-state index contributed by atoms with van der Waals surface area (Å²) in [4.78, 5) is 19.1. The van der Waals surface area contributed by atoms with Gasteiger partial charge < -0.3 is 15.4 Å². The van der Waals surface area contributed by atoms with Crippen LogP contribution in [0.25, 0.3) is 0 Å². The molecule has 4 rings (SSSR count). The van der Waals surface area contributed by atoms with Gasteiger partial charge in [-0.05, 0) is 50.2 Å². The molecule has 2 aliphatic rings. The van der Waals surface area contributed by atoms with E-state index in [9.17, 15) is 23.2 Å². The summed E-state index contributed by atoms with van der Waals surface area (Å²) < 4.78 is 45.4. The lowest BCUT2D eigenvalue weighted by Gasteiger charge is -2.25. The Bertz CT molecular complexity index is 1380. The number of aliphatic imine (C=N–C) groups is 1. The lowest BCUT2D eigenvalue weighted by molar-refractivity contribution is -0.137. The fraction of sp³-hybridized carbons (Fsp3) is 0.385. The maximum absolute atomic E-state index is 13.5. The lowest BCUT2D eigenvalue weighted by Crippen LogP contribution is -2.51. The quantitative estimate of drug-likeness (QED) is 0.278. The summed E-state index contributed by atoms with van der Waals surface area (Å²) in [5, 5.41) is 21.6. The number of guanidine groups is 1. The second kappa shape index (κ2) is 12.3. The van der Waals surface area contributed by atoms with Crippen LogP contribution in [-0.4, -0.2) is 66.3 Å². The zero-order valence-corrected chi connectivity index (χ0v) is 23.1. The monoisotopic (exact) mass is 595 g/mol. The molecule has 0 bridgehead atoms. The Kier molecular flexibility index (Phi) is 9.08. The molecule has 1 amide bonds. The van der Waals surface area contributed by atoms with Gasteiger partial charge in [-0.25, -0.2) is 5.01 Å². The van der Waals surface area contributed by atoms with E-state index >= 15 is 0 Å². The van der Waals surface area contributed by atoms with Crippen molar-refractivity contribution in [3.8, 4) is 11.9 Å². The summed E-state index contributed by atoms with van der Waals surface area (Å²) >= 11 is 12.3. The highest BCUT2D eigenvalue weighted by atomic mass is 35.5.